The van der Waals surface area contributed by atoms with Crippen molar-refractivity contribution in [2.45, 2.75) is 0 Å². The predicted octanol–water partition coefficient (Wildman–Crippen LogP) is 10.1. The second kappa shape index (κ2) is 8.92. The molecule has 0 N–H and O–H groups in total. The highest BCUT2D eigenvalue weighted by molar-refractivity contribution is 6.22. The molecule has 0 radical (unpaired) electrons. The normalized spacial score (nSPS) is 11.8. The number of para-hydroxylation sites is 3. The lowest BCUT2D eigenvalue weighted by Crippen LogP contribution is -1.96. The number of rotatable bonds is 3. The molecule has 196 valence electrons. The van der Waals surface area contributed by atoms with E-state index in [1.807, 2.05) is 18.5 Å². The molecule has 0 unspecified atom stereocenters. The molecule has 0 spiro atoms. The minimum Gasteiger partial charge on any atom is -0.309 e. The van der Waals surface area contributed by atoms with E-state index in [1.165, 1.54) is 60.1 Å². The van der Waals surface area contributed by atoms with Gasteiger partial charge in [0.25, 0.3) is 0 Å². The third kappa shape index (κ3) is 3.31. The zero-order valence-corrected chi connectivity index (χ0v) is 22.8. The third-order valence-corrected chi connectivity index (χ3v) is 8.56. The van der Waals surface area contributed by atoms with Gasteiger partial charge in [0.2, 0.25) is 0 Å². The van der Waals surface area contributed by atoms with Gasteiger partial charge in [-0.1, -0.05) is 84.9 Å². The number of hydrogen-bond donors (Lipinski definition) is 0. The highest BCUT2D eigenvalue weighted by Crippen LogP contribution is 2.41. The molecule has 0 aliphatic heterocycles. The van der Waals surface area contributed by atoms with E-state index in [0.29, 0.717) is 0 Å². The van der Waals surface area contributed by atoms with Crippen LogP contribution < -0.4 is 0 Å². The Morgan fingerprint density at radius 1 is 0.405 bits per heavy atom. The zero-order chi connectivity index (χ0) is 27.6. The molecular weight excluding hydrogens is 510 g/mol. The maximum atomic E-state index is 4.36. The summed E-state index contributed by atoms with van der Waals surface area (Å²) in [4.78, 5) is 4.36. The fourth-order valence-electron chi connectivity index (χ4n) is 6.73. The van der Waals surface area contributed by atoms with Crippen LogP contribution in [0.5, 0.6) is 0 Å². The van der Waals surface area contributed by atoms with Gasteiger partial charge in [-0.25, -0.2) is 0 Å². The van der Waals surface area contributed by atoms with Crippen LogP contribution in [-0.2, 0) is 0 Å². The Hall–Kier alpha value is -5.67. The Balaban J connectivity index is 1.42. The lowest BCUT2D eigenvalue weighted by atomic mass is 10.0. The van der Waals surface area contributed by atoms with E-state index < -0.39 is 0 Å². The average Bonchev–Trinajstić information content (AvgIpc) is 3.57. The summed E-state index contributed by atoms with van der Waals surface area (Å²) in [5.41, 5.74) is 9.42. The van der Waals surface area contributed by atoms with Gasteiger partial charge in [0.15, 0.2) is 0 Å². The van der Waals surface area contributed by atoms with Crippen LogP contribution in [0.4, 0.5) is 0 Å². The van der Waals surface area contributed by atoms with Crippen molar-refractivity contribution >= 4 is 54.4 Å². The van der Waals surface area contributed by atoms with Crippen molar-refractivity contribution in [2.75, 3.05) is 0 Å². The number of fused-ring (bicyclic) bond motifs is 8. The largest absolute Gasteiger partial charge is 0.309 e. The van der Waals surface area contributed by atoms with Gasteiger partial charge >= 0.3 is 0 Å². The van der Waals surface area contributed by atoms with Crippen LogP contribution in [0.3, 0.4) is 0 Å². The molecule has 3 heterocycles. The molecule has 6 aromatic carbocycles. The molecule has 0 aliphatic carbocycles. The molecule has 0 aliphatic rings. The molecule has 3 nitrogen and oxygen atoms in total. The number of pyridine rings is 1. The summed E-state index contributed by atoms with van der Waals surface area (Å²) in [7, 11) is 0. The van der Waals surface area contributed by atoms with Crippen LogP contribution in [0.25, 0.3) is 76.9 Å². The fraction of sp³-hybridized carbons (Fsp3) is 0. The molecule has 3 aromatic heterocycles. The lowest BCUT2D eigenvalue weighted by Gasteiger charge is -2.12. The number of hydrogen-bond acceptors (Lipinski definition) is 1. The molecule has 0 saturated heterocycles. The second-order valence-electron chi connectivity index (χ2n) is 10.9. The highest BCUT2D eigenvalue weighted by Gasteiger charge is 2.18. The van der Waals surface area contributed by atoms with E-state index in [0.717, 1.165) is 16.8 Å². The summed E-state index contributed by atoms with van der Waals surface area (Å²) < 4.78 is 4.84. The van der Waals surface area contributed by atoms with Gasteiger partial charge in [0.1, 0.15) is 0 Å². The van der Waals surface area contributed by atoms with Crippen molar-refractivity contribution in [1.82, 2.24) is 14.1 Å². The summed E-state index contributed by atoms with van der Waals surface area (Å²) >= 11 is 0. The fourth-order valence-corrected chi connectivity index (χ4v) is 6.73. The smallest absolute Gasteiger partial charge is 0.0620 e. The Bertz CT molecular complexity index is 2450. The van der Waals surface area contributed by atoms with Crippen LogP contribution >= 0.6 is 0 Å². The first kappa shape index (κ1) is 23.1. The van der Waals surface area contributed by atoms with Crippen LogP contribution in [0, 0.1) is 0 Å². The van der Waals surface area contributed by atoms with E-state index in [2.05, 4.69) is 148 Å². The molecule has 3 heteroatoms. The molecule has 9 aromatic rings. The SMILES string of the molecule is c1ccc(-n2c3ccccc3c3ccc4cc5c6ccccc6n(-c6cccc(-c7cccnc7)c6)c5cc4c32)cc1. The van der Waals surface area contributed by atoms with E-state index in [4.69, 9.17) is 0 Å². The summed E-state index contributed by atoms with van der Waals surface area (Å²) in [6.07, 6.45) is 3.75. The van der Waals surface area contributed by atoms with Crippen molar-refractivity contribution in [3.05, 3.63) is 152 Å². The van der Waals surface area contributed by atoms with Crippen LogP contribution in [-0.4, -0.2) is 14.1 Å². The lowest BCUT2D eigenvalue weighted by molar-refractivity contribution is 1.18. The van der Waals surface area contributed by atoms with Gasteiger partial charge in [-0.2, -0.15) is 0 Å². The highest BCUT2D eigenvalue weighted by atomic mass is 15.0. The molecule has 42 heavy (non-hydrogen) atoms. The number of aromatic nitrogens is 3. The maximum absolute atomic E-state index is 4.36. The minimum absolute atomic E-state index is 1.11. The minimum atomic E-state index is 1.11. The Morgan fingerprint density at radius 3 is 1.93 bits per heavy atom. The quantitative estimate of drug-likeness (QED) is 0.221. The van der Waals surface area contributed by atoms with Crippen molar-refractivity contribution in [3.8, 4) is 22.5 Å². The Labute approximate surface area is 242 Å². The first-order chi connectivity index (χ1) is 20.8. The summed E-state index contributed by atoms with van der Waals surface area (Å²) in [6, 6.07) is 50.4. The molecule has 0 fully saturated rings. The summed E-state index contributed by atoms with van der Waals surface area (Å²) in [5, 5.41) is 7.52. The molecule has 9 rings (SSSR count). The maximum Gasteiger partial charge on any atom is 0.0620 e. The van der Waals surface area contributed by atoms with Crippen molar-refractivity contribution in [2.24, 2.45) is 0 Å². The van der Waals surface area contributed by atoms with Crippen LogP contribution in [0.1, 0.15) is 0 Å². The van der Waals surface area contributed by atoms with Gasteiger partial charge in [-0.05, 0) is 65.5 Å². The van der Waals surface area contributed by atoms with E-state index in [-0.39, 0.29) is 0 Å². The van der Waals surface area contributed by atoms with E-state index in [1.54, 1.807) is 0 Å². The summed E-state index contributed by atoms with van der Waals surface area (Å²) in [5.74, 6) is 0. The third-order valence-electron chi connectivity index (χ3n) is 8.56. The molecular formula is C39H25N3. The van der Waals surface area contributed by atoms with Crippen molar-refractivity contribution in [1.29, 1.82) is 0 Å². The first-order valence-corrected chi connectivity index (χ1v) is 14.3. The van der Waals surface area contributed by atoms with E-state index in [9.17, 15) is 0 Å². The Morgan fingerprint density at radius 2 is 1.12 bits per heavy atom. The topological polar surface area (TPSA) is 22.8 Å². The van der Waals surface area contributed by atoms with Crippen molar-refractivity contribution in [3.63, 3.8) is 0 Å². The predicted molar refractivity (Wildman–Crippen MR) is 176 cm³/mol. The van der Waals surface area contributed by atoms with Gasteiger partial charge in [-0.3, -0.25) is 4.98 Å². The molecule has 0 bridgehead atoms. The Kier molecular flexibility index (Phi) is 4.90. The summed E-state index contributed by atoms with van der Waals surface area (Å²) in [6.45, 7) is 0. The monoisotopic (exact) mass is 535 g/mol. The average molecular weight is 536 g/mol. The van der Waals surface area contributed by atoms with Gasteiger partial charge in [0, 0.05) is 56.3 Å². The van der Waals surface area contributed by atoms with Crippen LogP contribution in [0.2, 0.25) is 0 Å². The van der Waals surface area contributed by atoms with Crippen molar-refractivity contribution < 1.29 is 0 Å². The standard InChI is InChI=1S/C39H25N3/c1-2-12-29(13-3-1)42-37-18-7-4-15-31(37)33-20-19-27-23-35-32-16-5-6-17-36(32)41(38(35)24-34(27)39(33)42)30-14-8-10-26(22-30)28-11-9-21-40-25-28/h1-25H. The van der Waals surface area contributed by atoms with Gasteiger partial charge < -0.3 is 9.13 Å². The number of benzene rings is 6. The van der Waals surface area contributed by atoms with Gasteiger partial charge in [0.05, 0.1) is 22.1 Å². The molecule has 0 amide bonds. The first-order valence-electron chi connectivity index (χ1n) is 14.3. The second-order valence-corrected chi connectivity index (χ2v) is 10.9. The van der Waals surface area contributed by atoms with Crippen LogP contribution in [0.15, 0.2) is 152 Å². The zero-order valence-electron chi connectivity index (χ0n) is 22.8. The van der Waals surface area contributed by atoms with E-state index >= 15 is 0 Å². The molecule has 0 atom stereocenters. The molecule has 0 saturated carbocycles. The number of nitrogens with zero attached hydrogens (tertiary/aromatic N) is 3. The van der Waals surface area contributed by atoms with Gasteiger partial charge in [-0.15, -0.1) is 0 Å².